The van der Waals surface area contributed by atoms with Gasteiger partial charge in [0.15, 0.2) is 0 Å². The Morgan fingerprint density at radius 1 is 1.43 bits per heavy atom. The average Bonchev–Trinajstić information content (AvgIpc) is 2.74. The predicted molar refractivity (Wildman–Crippen MR) is 61.4 cm³/mol. The van der Waals surface area contributed by atoms with Crippen LogP contribution in [0.5, 0.6) is 0 Å². The standard InChI is InChI=1S/C12H15NS/c1-13-6-11-4-10(5-12(11)7-13)9-2-3-14-8-9/h2-4,8,11-12H,5-7H2,1H3/t11-,12+/m0/s1. The smallest absolute Gasteiger partial charge is 0.00449 e. The third-order valence-electron chi connectivity index (χ3n) is 3.46. The first-order chi connectivity index (χ1) is 6.83. The molecule has 0 amide bonds. The lowest BCUT2D eigenvalue weighted by molar-refractivity contribution is 0.395. The highest BCUT2D eigenvalue weighted by atomic mass is 32.1. The lowest BCUT2D eigenvalue weighted by Crippen LogP contribution is -2.14. The molecule has 1 aliphatic carbocycles. The van der Waals surface area contributed by atoms with Crippen molar-refractivity contribution >= 4 is 16.9 Å². The summed E-state index contributed by atoms with van der Waals surface area (Å²) in [6.45, 7) is 2.55. The van der Waals surface area contributed by atoms with E-state index in [-0.39, 0.29) is 0 Å². The number of fused-ring (bicyclic) bond motifs is 1. The Morgan fingerprint density at radius 3 is 3.07 bits per heavy atom. The Labute approximate surface area is 89.0 Å². The van der Waals surface area contributed by atoms with E-state index >= 15 is 0 Å². The number of allylic oxidation sites excluding steroid dienone is 1. The molecule has 1 fully saturated rings. The van der Waals surface area contributed by atoms with E-state index in [0.29, 0.717) is 0 Å². The van der Waals surface area contributed by atoms with Crippen LogP contribution in [0.2, 0.25) is 0 Å². The van der Waals surface area contributed by atoms with E-state index < -0.39 is 0 Å². The second-order valence-corrected chi connectivity index (χ2v) is 5.33. The van der Waals surface area contributed by atoms with E-state index in [1.165, 1.54) is 25.1 Å². The second kappa shape index (κ2) is 3.21. The lowest BCUT2D eigenvalue weighted by Gasteiger charge is -2.08. The van der Waals surface area contributed by atoms with Crippen molar-refractivity contribution in [1.82, 2.24) is 4.90 Å². The summed E-state index contributed by atoms with van der Waals surface area (Å²) >= 11 is 1.80. The maximum atomic E-state index is 2.51. The first-order valence-electron chi connectivity index (χ1n) is 5.25. The number of hydrogen-bond acceptors (Lipinski definition) is 2. The number of likely N-dealkylation sites (tertiary alicyclic amines) is 1. The Kier molecular flexibility index (Phi) is 1.99. The Bertz CT molecular complexity index is 352. The summed E-state index contributed by atoms with van der Waals surface area (Å²) in [5.41, 5.74) is 3.06. The molecule has 1 aromatic heterocycles. The van der Waals surface area contributed by atoms with Crippen molar-refractivity contribution in [3.63, 3.8) is 0 Å². The van der Waals surface area contributed by atoms with E-state index in [1.54, 1.807) is 16.9 Å². The minimum Gasteiger partial charge on any atom is -0.305 e. The molecule has 0 bridgehead atoms. The largest absolute Gasteiger partial charge is 0.305 e. The van der Waals surface area contributed by atoms with E-state index in [9.17, 15) is 0 Å². The number of nitrogens with zero attached hydrogens (tertiary/aromatic N) is 1. The summed E-state index contributed by atoms with van der Waals surface area (Å²) in [5, 5.41) is 4.45. The molecule has 0 aromatic carbocycles. The van der Waals surface area contributed by atoms with Crippen LogP contribution >= 0.6 is 11.3 Å². The van der Waals surface area contributed by atoms with Gasteiger partial charge in [-0.2, -0.15) is 11.3 Å². The zero-order chi connectivity index (χ0) is 9.54. The third kappa shape index (κ3) is 1.33. The van der Waals surface area contributed by atoms with Crippen LogP contribution in [0.15, 0.2) is 22.9 Å². The van der Waals surface area contributed by atoms with E-state index in [2.05, 4.69) is 34.9 Å². The van der Waals surface area contributed by atoms with E-state index in [4.69, 9.17) is 0 Å². The molecule has 0 N–H and O–H groups in total. The van der Waals surface area contributed by atoms with Crippen molar-refractivity contribution < 1.29 is 0 Å². The molecule has 0 saturated carbocycles. The van der Waals surface area contributed by atoms with E-state index in [0.717, 1.165) is 11.8 Å². The van der Waals surface area contributed by atoms with Crippen molar-refractivity contribution in [3.05, 3.63) is 28.5 Å². The maximum absolute atomic E-state index is 2.51. The minimum atomic E-state index is 0.829. The fourth-order valence-corrected chi connectivity index (χ4v) is 3.47. The quantitative estimate of drug-likeness (QED) is 0.681. The minimum absolute atomic E-state index is 0.829. The number of hydrogen-bond donors (Lipinski definition) is 0. The van der Waals surface area contributed by atoms with Gasteiger partial charge in [0.05, 0.1) is 0 Å². The van der Waals surface area contributed by atoms with E-state index in [1.807, 2.05) is 0 Å². The highest BCUT2D eigenvalue weighted by Gasteiger charge is 2.34. The third-order valence-corrected chi connectivity index (χ3v) is 4.15. The molecule has 3 rings (SSSR count). The van der Waals surface area contributed by atoms with Crippen molar-refractivity contribution in [1.29, 1.82) is 0 Å². The van der Waals surface area contributed by atoms with Crippen molar-refractivity contribution in [2.75, 3.05) is 20.1 Å². The van der Waals surface area contributed by atoms with Crippen LogP contribution in [-0.2, 0) is 0 Å². The normalized spacial score (nSPS) is 31.9. The SMILES string of the molecule is CN1C[C@H]2CC(c3ccsc3)=C[C@H]2C1. The molecule has 2 heteroatoms. The highest BCUT2D eigenvalue weighted by molar-refractivity contribution is 7.08. The molecule has 0 spiro atoms. The summed E-state index contributed by atoms with van der Waals surface area (Å²) in [6.07, 6.45) is 3.81. The van der Waals surface area contributed by atoms with Gasteiger partial charge in [0.1, 0.15) is 0 Å². The van der Waals surface area contributed by atoms with Crippen molar-refractivity contribution in [3.8, 4) is 0 Å². The van der Waals surface area contributed by atoms with Gasteiger partial charge in [-0.1, -0.05) is 6.08 Å². The molecular weight excluding hydrogens is 190 g/mol. The van der Waals surface area contributed by atoms with Crippen LogP contribution in [-0.4, -0.2) is 25.0 Å². The van der Waals surface area contributed by atoms with Gasteiger partial charge in [-0.15, -0.1) is 0 Å². The van der Waals surface area contributed by atoms with Gasteiger partial charge in [0.2, 0.25) is 0 Å². The molecule has 14 heavy (non-hydrogen) atoms. The molecular formula is C12H15NS. The Balaban J connectivity index is 1.83. The van der Waals surface area contributed by atoms with Crippen LogP contribution in [0.4, 0.5) is 0 Å². The predicted octanol–water partition coefficient (Wildman–Crippen LogP) is 2.71. The number of rotatable bonds is 1. The molecule has 0 radical (unpaired) electrons. The van der Waals surface area contributed by atoms with Gasteiger partial charge < -0.3 is 4.90 Å². The van der Waals surface area contributed by atoms with Crippen LogP contribution in [0.1, 0.15) is 12.0 Å². The van der Waals surface area contributed by atoms with Gasteiger partial charge in [0, 0.05) is 13.1 Å². The average molecular weight is 205 g/mol. The molecule has 1 aromatic rings. The Morgan fingerprint density at radius 2 is 2.36 bits per heavy atom. The zero-order valence-corrected chi connectivity index (χ0v) is 9.26. The highest BCUT2D eigenvalue weighted by Crippen LogP contribution is 2.40. The van der Waals surface area contributed by atoms with Gasteiger partial charge in [-0.3, -0.25) is 0 Å². The summed E-state index contributed by atoms with van der Waals surface area (Å²) in [6, 6.07) is 2.25. The van der Waals surface area contributed by atoms with Gasteiger partial charge >= 0.3 is 0 Å². The van der Waals surface area contributed by atoms with Crippen LogP contribution < -0.4 is 0 Å². The molecule has 2 atom stereocenters. The van der Waals surface area contributed by atoms with Crippen LogP contribution in [0.25, 0.3) is 5.57 Å². The van der Waals surface area contributed by atoms with Crippen LogP contribution in [0.3, 0.4) is 0 Å². The van der Waals surface area contributed by atoms with Crippen molar-refractivity contribution in [2.45, 2.75) is 6.42 Å². The monoisotopic (exact) mass is 205 g/mol. The van der Waals surface area contributed by atoms with Crippen molar-refractivity contribution in [2.24, 2.45) is 11.8 Å². The van der Waals surface area contributed by atoms with Crippen LogP contribution in [0, 0.1) is 11.8 Å². The molecule has 1 aliphatic heterocycles. The van der Waals surface area contributed by atoms with Gasteiger partial charge in [0.25, 0.3) is 0 Å². The topological polar surface area (TPSA) is 3.24 Å². The maximum Gasteiger partial charge on any atom is 0.00449 e. The van der Waals surface area contributed by atoms with Gasteiger partial charge in [-0.05, 0) is 53.3 Å². The fraction of sp³-hybridized carbons (Fsp3) is 0.500. The number of thiophene rings is 1. The lowest BCUT2D eigenvalue weighted by atomic mass is 9.99. The zero-order valence-electron chi connectivity index (χ0n) is 8.44. The second-order valence-electron chi connectivity index (χ2n) is 4.55. The first-order valence-corrected chi connectivity index (χ1v) is 6.19. The summed E-state index contributed by atoms with van der Waals surface area (Å²) in [5.74, 6) is 1.73. The molecule has 2 aliphatic rings. The summed E-state index contributed by atoms with van der Waals surface area (Å²) in [7, 11) is 2.23. The molecule has 0 unspecified atom stereocenters. The summed E-state index contributed by atoms with van der Waals surface area (Å²) in [4.78, 5) is 2.45. The molecule has 74 valence electrons. The summed E-state index contributed by atoms with van der Waals surface area (Å²) < 4.78 is 0. The first kappa shape index (κ1) is 8.69. The van der Waals surface area contributed by atoms with Gasteiger partial charge in [-0.25, -0.2) is 0 Å². The fourth-order valence-electron chi connectivity index (χ4n) is 2.79. The Hall–Kier alpha value is -0.600. The molecule has 2 heterocycles. The molecule has 1 nitrogen and oxygen atoms in total. The molecule has 1 saturated heterocycles.